The van der Waals surface area contributed by atoms with Gasteiger partial charge in [0.15, 0.2) is 0 Å². The van der Waals surface area contributed by atoms with Crippen LogP contribution < -0.4 is 0 Å². The standard InChI is InChI=1S/C3H5.CH3.BrH.Ni/c1-3-2;;;/h3H,1-2H2;1H3;1H;/q2*-1;;+2. The first kappa shape index (κ1) is 30.8. The van der Waals surface area contributed by atoms with Crippen molar-refractivity contribution in [3.8, 4) is 0 Å². The Morgan fingerprint density at radius 3 is 1.50 bits per heavy atom. The minimum absolute atomic E-state index is 0. The summed E-state index contributed by atoms with van der Waals surface area (Å²) in [5.41, 5.74) is 0. The van der Waals surface area contributed by atoms with Crippen LogP contribution in [-0.4, -0.2) is 0 Å². The van der Waals surface area contributed by atoms with Gasteiger partial charge in [-0.15, -0.1) is 17.0 Å². The molecule has 0 aliphatic rings. The third-order valence-corrected chi connectivity index (χ3v) is 0. The zero-order chi connectivity index (χ0) is 2.71. The number of allylic oxidation sites excluding steroid dienone is 1. The van der Waals surface area contributed by atoms with E-state index in [2.05, 4.69) is 13.5 Å². The second-order valence-electron chi connectivity index (χ2n) is 0.289. The van der Waals surface area contributed by atoms with E-state index in [-0.39, 0.29) is 40.9 Å². The number of halogens is 1. The second kappa shape index (κ2) is 46.8. The predicted octanol–water partition coefficient (Wildman–Crippen LogP) is 2.03. The van der Waals surface area contributed by atoms with Gasteiger partial charge in [-0.25, -0.2) is 19.6 Å². The Hall–Kier alpha value is 0.584. The number of hydrogen-bond acceptors (Lipinski definition) is 0. The summed E-state index contributed by atoms with van der Waals surface area (Å²) < 4.78 is 0. The molecule has 0 bridgehead atoms. The van der Waals surface area contributed by atoms with Crippen molar-refractivity contribution in [2.45, 2.75) is 0 Å². The summed E-state index contributed by atoms with van der Waals surface area (Å²) in [6.07, 6.45) is 1.50. The molecular weight excluding hydrogens is 187 g/mol. The van der Waals surface area contributed by atoms with Gasteiger partial charge in [0.05, 0.1) is 0 Å². The van der Waals surface area contributed by atoms with E-state index in [1.807, 2.05) is 0 Å². The van der Waals surface area contributed by atoms with Crippen LogP contribution in [0.5, 0.6) is 0 Å². The van der Waals surface area contributed by atoms with E-state index < -0.39 is 0 Å². The maximum absolute atomic E-state index is 3.25. The molecule has 0 saturated heterocycles. The Labute approximate surface area is 60.7 Å². The van der Waals surface area contributed by atoms with Crippen molar-refractivity contribution in [3.63, 3.8) is 0 Å². The third kappa shape index (κ3) is 173. The summed E-state index contributed by atoms with van der Waals surface area (Å²) in [5.74, 6) is 0. The number of hydrogen-bond donors (Lipinski definition) is 0. The maximum Gasteiger partial charge on any atom is 2.00 e. The minimum Gasteiger partial charge on any atom is -0.358 e. The Morgan fingerprint density at radius 2 is 1.50 bits per heavy atom. The fourth-order valence-electron chi connectivity index (χ4n) is 0. The van der Waals surface area contributed by atoms with Crippen molar-refractivity contribution >= 4 is 17.0 Å². The van der Waals surface area contributed by atoms with Gasteiger partial charge in [0.1, 0.15) is 0 Å². The van der Waals surface area contributed by atoms with Gasteiger partial charge >= 0.3 is 16.5 Å². The molecule has 0 aromatic carbocycles. The zero-order valence-corrected chi connectivity index (χ0v) is 6.42. The average molecular weight is 196 g/mol. The summed E-state index contributed by atoms with van der Waals surface area (Å²) in [6.45, 7) is 6.50. The Kier molecular flexibility index (Phi) is 240. The van der Waals surface area contributed by atoms with Gasteiger partial charge < -0.3 is 7.43 Å². The smallest absolute Gasteiger partial charge is 0.358 e. The van der Waals surface area contributed by atoms with Crippen LogP contribution in [0.3, 0.4) is 0 Å². The van der Waals surface area contributed by atoms with Crippen LogP contribution in [0.1, 0.15) is 0 Å². The Bertz CT molecular complexity index is 15.0. The van der Waals surface area contributed by atoms with E-state index in [9.17, 15) is 0 Å². The van der Waals surface area contributed by atoms with Crippen molar-refractivity contribution in [1.82, 2.24) is 0 Å². The van der Waals surface area contributed by atoms with Crippen LogP contribution in [0.15, 0.2) is 12.7 Å². The molecule has 0 aromatic heterocycles. The Morgan fingerprint density at radius 1 is 1.50 bits per heavy atom. The first-order chi connectivity index (χ1) is 1.41. The molecule has 6 heavy (non-hydrogen) atoms. The molecule has 0 saturated carbocycles. The normalized spacial score (nSPS) is 2.00. The molecule has 0 rings (SSSR count). The molecule has 0 unspecified atom stereocenters. The van der Waals surface area contributed by atoms with Gasteiger partial charge in [0.25, 0.3) is 0 Å². The molecule has 0 N–H and O–H groups in total. The SMILES string of the molecule is Br.C=C[CH2-].[CH3-].[Ni+2]. The van der Waals surface area contributed by atoms with Crippen molar-refractivity contribution in [2.75, 3.05) is 0 Å². The van der Waals surface area contributed by atoms with Crippen LogP contribution in [0.25, 0.3) is 0 Å². The monoisotopic (exact) mass is 194 g/mol. The van der Waals surface area contributed by atoms with Crippen molar-refractivity contribution in [3.05, 3.63) is 27.0 Å². The van der Waals surface area contributed by atoms with Gasteiger partial charge in [-0.05, 0) is 0 Å². The van der Waals surface area contributed by atoms with Gasteiger partial charge in [0, 0.05) is 0 Å². The van der Waals surface area contributed by atoms with Crippen LogP contribution in [0, 0.1) is 14.4 Å². The molecule has 42 valence electrons. The first-order valence-electron chi connectivity index (χ1n) is 0.816. The van der Waals surface area contributed by atoms with Gasteiger partial charge in [-0.3, -0.25) is 0 Å². The molecule has 0 aliphatic carbocycles. The van der Waals surface area contributed by atoms with E-state index in [1.54, 1.807) is 0 Å². The summed E-state index contributed by atoms with van der Waals surface area (Å²) in [4.78, 5) is 0. The third-order valence-electron chi connectivity index (χ3n) is 0. The fraction of sp³-hybridized carbons (Fsp3) is 0. The largest absolute Gasteiger partial charge is 2.00 e. The van der Waals surface area contributed by atoms with Crippen molar-refractivity contribution in [1.29, 1.82) is 0 Å². The topological polar surface area (TPSA) is 0 Å². The van der Waals surface area contributed by atoms with Gasteiger partial charge in [-0.1, -0.05) is 0 Å². The van der Waals surface area contributed by atoms with E-state index in [0.29, 0.717) is 0 Å². The van der Waals surface area contributed by atoms with Crippen LogP contribution in [-0.2, 0) is 16.5 Å². The van der Waals surface area contributed by atoms with Crippen LogP contribution in [0.2, 0.25) is 0 Å². The predicted molar refractivity (Wildman–Crippen MR) is 32.3 cm³/mol. The fourth-order valence-corrected chi connectivity index (χ4v) is 0. The summed E-state index contributed by atoms with van der Waals surface area (Å²) >= 11 is 0. The van der Waals surface area contributed by atoms with E-state index in [4.69, 9.17) is 0 Å². The van der Waals surface area contributed by atoms with Gasteiger partial charge in [0.2, 0.25) is 0 Å². The molecule has 0 nitrogen and oxygen atoms in total. The molecule has 0 radical (unpaired) electrons. The summed E-state index contributed by atoms with van der Waals surface area (Å²) in [7, 11) is 0. The van der Waals surface area contributed by atoms with Crippen LogP contribution in [0.4, 0.5) is 0 Å². The first-order valence-corrected chi connectivity index (χ1v) is 0.816. The molecule has 0 heterocycles. The molecule has 0 aromatic rings. The van der Waals surface area contributed by atoms with Crippen molar-refractivity contribution < 1.29 is 16.5 Å². The maximum atomic E-state index is 3.25. The van der Waals surface area contributed by atoms with E-state index >= 15 is 0 Å². The zero-order valence-electron chi connectivity index (χ0n) is 3.72. The molecule has 0 aliphatic heterocycles. The van der Waals surface area contributed by atoms with Gasteiger partial charge in [-0.2, -0.15) is 0 Å². The van der Waals surface area contributed by atoms with E-state index in [0.717, 1.165) is 0 Å². The molecule has 0 atom stereocenters. The van der Waals surface area contributed by atoms with Crippen LogP contribution >= 0.6 is 17.0 Å². The van der Waals surface area contributed by atoms with E-state index in [1.165, 1.54) is 6.08 Å². The minimum atomic E-state index is 0. The quantitative estimate of drug-likeness (QED) is 0.410. The molecule has 0 spiro atoms. The summed E-state index contributed by atoms with van der Waals surface area (Å²) in [5, 5.41) is 0. The molecule has 2 heteroatoms. The summed E-state index contributed by atoms with van der Waals surface area (Å²) in [6, 6.07) is 0. The van der Waals surface area contributed by atoms with Crippen molar-refractivity contribution in [2.24, 2.45) is 0 Å². The second-order valence-corrected chi connectivity index (χ2v) is 0.289. The molecule has 0 amide bonds. The molecular formula is C4H9BrNi. The number of rotatable bonds is 0. The average Bonchev–Trinajstić information content (AvgIpc) is 0.918. The Balaban J connectivity index is -0.00000000667. The molecule has 0 fully saturated rings.